The van der Waals surface area contributed by atoms with Gasteiger partial charge in [0.2, 0.25) is 11.8 Å². The highest BCUT2D eigenvalue weighted by molar-refractivity contribution is 5.97. The number of carbonyl (C=O) groups excluding carboxylic acids is 2. The smallest absolute Gasteiger partial charge is 0.246 e. The van der Waals surface area contributed by atoms with Crippen molar-refractivity contribution >= 4 is 11.8 Å². The summed E-state index contributed by atoms with van der Waals surface area (Å²) in [5.74, 6) is -0.0415. The summed E-state index contributed by atoms with van der Waals surface area (Å²) in [6.07, 6.45) is 1.86. The number of piperazine rings is 1. The summed E-state index contributed by atoms with van der Waals surface area (Å²) < 4.78 is 5.46. The zero-order valence-electron chi connectivity index (χ0n) is 12.2. The van der Waals surface area contributed by atoms with Crippen LogP contribution < -0.4 is 5.32 Å². The lowest BCUT2D eigenvalue weighted by atomic mass is 9.83. The molecule has 0 aromatic carbocycles. The fraction of sp³-hybridized carbons (Fsp3) is 0.857. The number of rotatable bonds is 1. The Labute approximate surface area is 114 Å². The van der Waals surface area contributed by atoms with Gasteiger partial charge in [-0.15, -0.1) is 0 Å². The number of nitrogens with zero attached hydrogens (tertiary/aromatic N) is 1. The summed E-state index contributed by atoms with van der Waals surface area (Å²) >= 11 is 0. The number of amides is 2. The number of hydrogen-bond acceptors (Lipinski definition) is 3. The van der Waals surface area contributed by atoms with Crippen LogP contribution in [-0.2, 0) is 14.3 Å². The Morgan fingerprint density at radius 3 is 2.53 bits per heavy atom. The summed E-state index contributed by atoms with van der Waals surface area (Å²) in [6.45, 7) is 9.01. The summed E-state index contributed by atoms with van der Waals surface area (Å²) in [7, 11) is 0. The van der Waals surface area contributed by atoms with Crippen molar-refractivity contribution in [3.8, 4) is 0 Å². The van der Waals surface area contributed by atoms with Crippen molar-refractivity contribution in [3.05, 3.63) is 0 Å². The van der Waals surface area contributed by atoms with E-state index in [4.69, 9.17) is 4.74 Å². The molecule has 108 valence electrons. The molecule has 2 amide bonds. The molecule has 2 heterocycles. The Hall–Kier alpha value is -1.10. The fourth-order valence-electron chi connectivity index (χ4n) is 2.82. The molecule has 0 aliphatic carbocycles. The van der Waals surface area contributed by atoms with Crippen molar-refractivity contribution in [1.29, 1.82) is 0 Å². The van der Waals surface area contributed by atoms with Crippen LogP contribution >= 0.6 is 0 Å². The number of nitrogens with one attached hydrogen (secondary N) is 1. The largest absolute Gasteiger partial charge is 0.379 e. The van der Waals surface area contributed by atoms with Crippen LogP contribution in [0.4, 0.5) is 0 Å². The second-order valence-electron chi connectivity index (χ2n) is 6.60. The van der Waals surface area contributed by atoms with E-state index in [1.807, 2.05) is 20.8 Å². The average molecular weight is 268 g/mol. The van der Waals surface area contributed by atoms with Gasteiger partial charge in [0.15, 0.2) is 0 Å². The minimum absolute atomic E-state index is 0.0232. The molecule has 2 rings (SSSR count). The first-order valence-electron chi connectivity index (χ1n) is 7.02. The molecule has 0 aromatic heterocycles. The molecule has 2 fully saturated rings. The second kappa shape index (κ2) is 5.12. The molecule has 3 unspecified atom stereocenters. The van der Waals surface area contributed by atoms with Crippen LogP contribution in [0.5, 0.6) is 0 Å². The van der Waals surface area contributed by atoms with Crippen LogP contribution in [0, 0.1) is 5.41 Å². The summed E-state index contributed by atoms with van der Waals surface area (Å²) in [6, 6.07) is -0.817. The van der Waals surface area contributed by atoms with Crippen LogP contribution in [0.25, 0.3) is 0 Å². The van der Waals surface area contributed by atoms with E-state index in [0.29, 0.717) is 6.61 Å². The maximum absolute atomic E-state index is 12.7. The molecular formula is C14H24N2O3. The van der Waals surface area contributed by atoms with Crippen LogP contribution in [-0.4, -0.2) is 48.1 Å². The van der Waals surface area contributed by atoms with E-state index in [0.717, 1.165) is 19.4 Å². The highest BCUT2D eigenvalue weighted by atomic mass is 16.5. The lowest BCUT2D eigenvalue weighted by Gasteiger charge is -2.46. The van der Waals surface area contributed by atoms with Gasteiger partial charge in [0.25, 0.3) is 0 Å². The summed E-state index contributed by atoms with van der Waals surface area (Å²) in [5.41, 5.74) is -0.277. The third-order valence-corrected chi connectivity index (χ3v) is 3.98. The highest BCUT2D eigenvalue weighted by Gasteiger charge is 2.46. The van der Waals surface area contributed by atoms with Gasteiger partial charge in [0.1, 0.15) is 12.1 Å². The van der Waals surface area contributed by atoms with Gasteiger partial charge in [-0.05, 0) is 25.2 Å². The fourth-order valence-corrected chi connectivity index (χ4v) is 2.82. The zero-order chi connectivity index (χ0) is 14.2. The zero-order valence-corrected chi connectivity index (χ0v) is 12.2. The minimum atomic E-state index is -0.446. The molecule has 0 aromatic rings. The predicted molar refractivity (Wildman–Crippen MR) is 71.5 cm³/mol. The molecule has 0 radical (unpaired) electrons. The minimum Gasteiger partial charge on any atom is -0.379 e. The third-order valence-electron chi connectivity index (χ3n) is 3.98. The Bertz CT molecular complexity index is 369. The van der Waals surface area contributed by atoms with Crippen LogP contribution in [0.1, 0.15) is 40.5 Å². The molecule has 5 heteroatoms. The molecule has 0 saturated carbocycles. The highest BCUT2D eigenvalue weighted by Crippen LogP contribution is 2.28. The van der Waals surface area contributed by atoms with Crippen molar-refractivity contribution in [3.63, 3.8) is 0 Å². The maximum Gasteiger partial charge on any atom is 0.246 e. The van der Waals surface area contributed by atoms with Gasteiger partial charge in [-0.2, -0.15) is 0 Å². The Kier molecular flexibility index (Phi) is 3.85. The topological polar surface area (TPSA) is 58.6 Å². The van der Waals surface area contributed by atoms with Gasteiger partial charge in [-0.3, -0.25) is 9.59 Å². The van der Waals surface area contributed by atoms with Crippen LogP contribution in [0.2, 0.25) is 0 Å². The van der Waals surface area contributed by atoms with E-state index in [1.165, 1.54) is 0 Å². The standard InChI is InChI=1S/C14H24N2O3/c1-9-12(17)15-11(14(2,3)4)13(18)16(9)10-6-5-7-19-8-10/h9-11H,5-8H2,1-4H3,(H,15,17). The molecule has 5 nitrogen and oxygen atoms in total. The van der Waals surface area contributed by atoms with Gasteiger partial charge >= 0.3 is 0 Å². The third kappa shape index (κ3) is 2.76. The SMILES string of the molecule is CC1C(=O)NC(C(C)(C)C)C(=O)N1C1CCCOC1. The van der Waals surface area contributed by atoms with E-state index in [1.54, 1.807) is 11.8 Å². The molecular weight excluding hydrogens is 244 g/mol. The lowest BCUT2D eigenvalue weighted by molar-refractivity contribution is -0.157. The molecule has 3 atom stereocenters. The number of hydrogen-bond donors (Lipinski definition) is 1. The van der Waals surface area contributed by atoms with Crippen molar-refractivity contribution in [2.75, 3.05) is 13.2 Å². The van der Waals surface area contributed by atoms with Gasteiger partial charge in [-0.1, -0.05) is 20.8 Å². The van der Waals surface area contributed by atoms with Gasteiger partial charge in [0, 0.05) is 6.61 Å². The first-order chi connectivity index (χ1) is 8.82. The van der Waals surface area contributed by atoms with Crippen molar-refractivity contribution in [2.24, 2.45) is 5.41 Å². The monoisotopic (exact) mass is 268 g/mol. The van der Waals surface area contributed by atoms with Gasteiger partial charge in [0.05, 0.1) is 12.6 Å². The van der Waals surface area contributed by atoms with Crippen molar-refractivity contribution in [2.45, 2.75) is 58.7 Å². The average Bonchev–Trinajstić information content (AvgIpc) is 2.34. The van der Waals surface area contributed by atoms with Crippen molar-refractivity contribution < 1.29 is 14.3 Å². The van der Waals surface area contributed by atoms with Crippen LogP contribution in [0.15, 0.2) is 0 Å². The molecule has 2 aliphatic heterocycles. The summed E-state index contributed by atoms with van der Waals surface area (Å²) in [4.78, 5) is 26.5. The quantitative estimate of drug-likeness (QED) is 0.769. The first-order valence-corrected chi connectivity index (χ1v) is 7.02. The van der Waals surface area contributed by atoms with Gasteiger partial charge < -0.3 is 15.0 Å². The summed E-state index contributed by atoms with van der Waals surface area (Å²) in [5, 5.41) is 2.85. The molecule has 2 saturated heterocycles. The van der Waals surface area contributed by atoms with Crippen molar-refractivity contribution in [1.82, 2.24) is 10.2 Å². The Balaban J connectivity index is 2.23. The van der Waals surface area contributed by atoms with Crippen LogP contribution in [0.3, 0.4) is 0 Å². The lowest BCUT2D eigenvalue weighted by Crippen LogP contribution is -2.68. The van der Waals surface area contributed by atoms with E-state index in [9.17, 15) is 9.59 Å². The number of ether oxygens (including phenoxy) is 1. The molecule has 0 spiro atoms. The normalized spacial score (nSPS) is 33.3. The first kappa shape index (κ1) is 14.3. The molecule has 0 bridgehead atoms. The van der Waals surface area contributed by atoms with E-state index < -0.39 is 12.1 Å². The van der Waals surface area contributed by atoms with E-state index in [-0.39, 0.29) is 23.3 Å². The van der Waals surface area contributed by atoms with Gasteiger partial charge in [-0.25, -0.2) is 0 Å². The maximum atomic E-state index is 12.7. The molecule has 1 N–H and O–H groups in total. The molecule has 2 aliphatic rings. The number of carbonyl (C=O) groups is 2. The predicted octanol–water partition coefficient (Wildman–Crippen LogP) is 0.927. The molecule has 19 heavy (non-hydrogen) atoms. The van der Waals surface area contributed by atoms with E-state index >= 15 is 0 Å². The van der Waals surface area contributed by atoms with E-state index in [2.05, 4.69) is 5.32 Å². The Morgan fingerprint density at radius 2 is 2.00 bits per heavy atom. The second-order valence-corrected chi connectivity index (χ2v) is 6.60. The Morgan fingerprint density at radius 1 is 1.32 bits per heavy atom.